The van der Waals surface area contributed by atoms with E-state index in [1.807, 2.05) is 0 Å². The van der Waals surface area contributed by atoms with Crippen LogP contribution in [-0.4, -0.2) is 27.8 Å². The number of pyridine rings is 1. The second-order valence-electron chi connectivity index (χ2n) is 5.84. The number of ether oxygens (including phenoxy) is 1. The molecule has 11 heteroatoms. The van der Waals surface area contributed by atoms with E-state index in [0.717, 1.165) is 0 Å². The molecule has 2 heterocycles. The zero-order valence-electron chi connectivity index (χ0n) is 15.0. The smallest absolute Gasteiger partial charge is 0.417 e. The minimum absolute atomic E-state index is 0.0588. The summed E-state index contributed by atoms with van der Waals surface area (Å²) in [6, 6.07) is 3.30. The number of aromatic nitrogens is 2. The molecule has 1 atom stereocenters. The van der Waals surface area contributed by atoms with Crippen molar-refractivity contribution < 1.29 is 27.1 Å². The third kappa shape index (κ3) is 4.81. The van der Waals surface area contributed by atoms with Gasteiger partial charge in [0, 0.05) is 11.8 Å². The van der Waals surface area contributed by atoms with Crippen molar-refractivity contribution in [3.63, 3.8) is 0 Å². The first-order chi connectivity index (χ1) is 13.6. The van der Waals surface area contributed by atoms with Gasteiger partial charge in [-0.05, 0) is 32.0 Å². The summed E-state index contributed by atoms with van der Waals surface area (Å²) in [6.07, 6.45) is -4.00. The Hall–Kier alpha value is -1.91. The number of thiazole rings is 1. The number of alkyl halides is 3. The maximum atomic E-state index is 14.6. The van der Waals surface area contributed by atoms with Crippen LogP contribution in [0.1, 0.15) is 19.4 Å². The van der Waals surface area contributed by atoms with Crippen LogP contribution >= 0.6 is 34.7 Å². The predicted octanol–water partition coefficient (Wildman–Crippen LogP) is 6.21. The Bertz CT molecular complexity index is 1070. The lowest BCUT2D eigenvalue weighted by molar-refractivity contribution is -0.142. The van der Waals surface area contributed by atoms with Crippen molar-refractivity contribution in [1.29, 1.82) is 0 Å². The van der Waals surface area contributed by atoms with Crippen LogP contribution in [0.4, 0.5) is 17.6 Å². The number of hydrogen-bond donors (Lipinski definition) is 0. The molecule has 0 aliphatic rings. The van der Waals surface area contributed by atoms with E-state index in [1.165, 1.54) is 35.2 Å². The van der Waals surface area contributed by atoms with E-state index in [0.29, 0.717) is 26.8 Å². The van der Waals surface area contributed by atoms with Crippen LogP contribution in [0.2, 0.25) is 5.02 Å². The Labute approximate surface area is 176 Å². The Balaban J connectivity index is 1.95. The molecule has 0 saturated carbocycles. The Morgan fingerprint density at radius 2 is 2.07 bits per heavy atom. The van der Waals surface area contributed by atoms with Crippen LogP contribution < -0.4 is 0 Å². The van der Waals surface area contributed by atoms with Crippen LogP contribution in [0.5, 0.6) is 0 Å². The first kappa shape index (κ1) is 21.8. The maximum absolute atomic E-state index is 14.6. The fourth-order valence-electron chi connectivity index (χ4n) is 2.41. The molecule has 3 aromatic rings. The number of halogens is 5. The summed E-state index contributed by atoms with van der Waals surface area (Å²) in [4.78, 5) is 19.8. The van der Waals surface area contributed by atoms with Gasteiger partial charge in [-0.2, -0.15) is 13.2 Å². The molecule has 154 valence electrons. The molecule has 2 aromatic heterocycles. The summed E-state index contributed by atoms with van der Waals surface area (Å²) < 4.78 is 59.0. The molecular weight excluding hydrogens is 452 g/mol. The molecule has 0 saturated heterocycles. The van der Waals surface area contributed by atoms with Crippen LogP contribution in [-0.2, 0) is 15.7 Å². The molecule has 29 heavy (non-hydrogen) atoms. The number of benzene rings is 1. The van der Waals surface area contributed by atoms with Crippen molar-refractivity contribution in [2.75, 3.05) is 6.61 Å². The van der Waals surface area contributed by atoms with E-state index in [9.17, 15) is 22.4 Å². The predicted molar refractivity (Wildman–Crippen MR) is 105 cm³/mol. The number of hydrogen-bond acceptors (Lipinski definition) is 6. The minimum atomic E-state index is -4.60. The number of rotatable bonds is 5. The molecule has 0 radical (unpaired) electrons. The molecular formula is C18H13ClF4N2O2S2. The van der Waals surface area contributed by atoms with Gasteiger partial charge in [-0.25, -0.2) is 9.37 Å². The zero-order valence-corrected chi connectivity index (χ0v) is 17.4. The van der Waals surface area contributed by atoms with Crippen molar-refractivity contribution in [3.8, 4) is 11.3 Å². The highest BCUT2D eigenvalue weighted by Gasteiger charge is 2.32. The number of esters is 1. The van der Waals surface area contributed by atoms with Crippen molar-refractivity contribution in [2.45, 2.75) is 29.6 Å². The highest BCUT2D eigenvalue weighted by atomic mass is 35.5. The molecule has 4 nitrogen and oxygen atoms in total. The maximum Gasteiger partial charge on any atom is 0.417 e. The standard InChI is InChI=1S/C18H13ClF4N2O2S2/c1-3-27-16(26)8(2)28-17-25-13-5-10(12(20)6-14(13)29-17)15-11(19)4-9(7-24-15)18(21,22)23/h4-8H,3H2,1-2H3/t8-/m1/s1. The van der Waals surface area contributed by atoms with Crippen molar-refractivity contribution >= 4 is 50.9 Å². The van der Waals surface area contributed by atoms with E-state index in [1.54, 1.807) is 13.8 Å². The van der Waals surface area contributed by atoms with Gasteiger partial charge in [0.25, 0.3) is 0 Å². The van der Waals surface area contributed by atoms with Crippen LogP contribution in [0, 0.1) is 5.82 Å². The number of carbonyl (C=O) groups excluding carboxylic acids is 1. The second-order valence-corrected chi connectivity index (χ2v) is 8.87. The minimum Gasteiger partial charge on any atom is -0.465 e. The third-order valence-corrected chi connectivity index (χ3v) is 6.26. The monoisotopic (exact) mass is 464 g/mol. The van der Waals surface area contributed by atoms with Gasteiger partial charge in [0.15, 0.2) is 4.34 Å². The van der Waals surface area contributed by atoms with Crippen LogP contribution in [0.15, 0.2) is 28.7 Å². The fourth-order valence-corrected chi connectivity index (χ4v) is 4.89. The van der Waals surface area contributed by atoms with E-state index in [4.69, 9.17) is 16.3 Å². The van der Waals surface area contributed by atoms with Gasteiger partial charge in [0.05, 0.1) is 33.1 Å². The van der Waals surface area contributed by atoms with Crippen molar-refractivity contribution in [2.24, 2.45) is 0 Å². The lowest BCUT2D eigenvalue weighted by atomic mass is 10.1. The summed E-state index contributed by atoms with van der Waals surface area (Å²) in [6.45, 7) is 3.64. The van der Waals surface area contributed by atoms with Gasteiger partial charge >= 0.3 is 12.1 Å². The van der Waals surface area contributed by atoms with Gasteiger partial charge in [-0.1, -0.05) is 23.4 Å². The zero-order chi connectivity index (χ0) is 21.3. The SMILES string of the molecule is CCOC(=O)[C@@H](C)Sc1nc2cc(-c3ncc(C(F)(F)F)cc3Cl)c(F)cc2s1. The fraction of sp³-hybridized carbons (Fsp3) is 0.278. The first-order valence-electron chi connectivity index (χ1n) is 8.26. The molecule has 3 rings (SSSR count). The number of carbonyl (C=O) groups is 1. The normalized spacial score (nSPS) is 12.9. The Morgan fingerprint density at radius 3 is 2.69 bits per heavy atom. The van der Waals surface area contributed by atoms with Crippen molar-refractivity contribution in [1.82, 2.24) is 9.97 Å². The highest BCUT2D eigenvalue weighted by Crippen LogP contribution is 2.38. The molecule has 0 N–H and O–H groups in total. The molecule has 0 spiro atoms. The molecule has 0 amide bonds. The van der Waals surface area contributed by atoms with Crippen LogP contribution in [0.3, 0.4) is 0 Å². The largest absolute Gasteiger partial charge is 0.465 e. The summed E-state index contributed by atoms with van der Waals surface area (Å²) in [5.41, 5.74) is -0.770. The molecule has 0 unspecified atom stereocenters. The molecule has 0 bridgehead atoms. The van der Waals surface area contributed by atoms with E-state index < -0.39 is 22.8 Å². The summed E-state index contributed by atoms with van der Waals surface area (Å²) in [7, 11) is 0. The van der Waals surface area contributed by atoms with Gasteiger partial charge in [0.1, 0.15) is 11.1 Å². The molecule has 0 fully saturated rings. The van der Waals surface area contributed by atoms with Gasteiger partial charge < -0.3 is 4.74 Å². The van der Waals surface area contributed by atoms with E-state index >= 15 is 0 Å². The van der Waals surface area contributed by atoms with Crippen LogP contribution in [0.25, 0.3) is 21.5 Å². The number of nitrogens with zero attached hydrogens (tertiary/aromatic N) is 2. The van der Waals surface area contributed by atoms with Gasteiger partial charge in [-0.15, -0.1) is 11.3 Å². The molecule has 0 aliphatic heterocycles. The Kier molecular flexibility index (Phi) is 6.35. The van der Waals surface area contributed by atoms with Crippen molar-refractivity contribution in [3.05, 3.63) is 40.8 Å². The summed E-state index contributed by atoms with van der Waals surface area (Å²) >= 11 is 8.30. The topological polar surface area (TPSA) is 52.1 Å². The highest BCUT2D eigenvalue weighted by molar-refractivity contribution is 8.02. The average molecular weight is 465 g/mol. The lowest BCUT2D eigenvalue weighted by Gasteiger charge is -2.09. The first-order valence-corrected chi connectivity index (χ1v) is 10.3. The Morgan fingerprint density at radius 1 is 1.34 bits per heavy atom. The quantitative estimate of drug-likeness (QED) is 0.255. The molecule has 1 aromatic carbocycles. The van der Waals surface area contributed by atoms with Gasteiger partial charge in [-0.3, -0.25) is 9.78 Å². The van der Waals surface area contributed by atoms with Gasteiger partial charge in [0.2, 0.25) is 0 Å². The lowest BCUT2D eigenvalue weighted by Crippen LogP contribution is -2.16. The number of thioether (sulfide) groups is 1. The molecule has 0 aliphatic carbocycles. The third-order valence-electron chi connectivity index (χ3n) is 3.78. The van der Waals surface area contributed by atoms with E-state index in [-0.39, 0.29) is 28.9 Å². The summed E-state index contributed by atoms with van der Waals surface area (Å²) in [5, 5.41) is -0.815. The second kappa shape index (κ2) is 8.45. The van der Waals surface area contributed by atoms with E-state index in [2.05, 4.69) is 9.97 Å². The summed E-state index contributed by atoms with van der Waals surface area (Å²) in [5.74, 6) is -1.07. The number of fused-ring (bicyclic) bond motifs is 1. The average Bonchev–Trinajstić information content (AvgIpc) is 3.01.